The van der Waals surface area contributed by atoms with E-state index in [4.69, 9.17) is 5.10 Å². The third-order valence-corrected chi connectivity index (χ3v) is 4.13. The summed E-state index contributed by atoms with van der Waals surface area (Å²) in [5.41, 5.74) is 4.18. The molecule has 0 spiro atoms. The van der Waals surface area contributed by atoms with Gasteiger partial charge < -0.3 is 5.32 Å². The number of nitrogens with zero attached hydrogens (tertiary/aromatic N) is 2. The predicted octanol–water partition coefficient (Wildman–Crippen LogP) is 4.50. The highest BCUT2D eigenvalue weighted by Gasteiger charge is 2.19. The number of aryl methyl sites for hydroxylation is 2. The van der Waals surface area contributed by atoms with Crippen LogP contribution in [0.15, 0.2) is 0 Å². The van der Waals surface area contributed by atoms with Crippen LogP contribution < -0.4 is 5.32 Å². The molecule has 0 saturated heterocycles. The minimum absolute atomic E-state index is 0.411. The summed E-state index contributed by atoms with van der Waals surface area (Å²) in [6, 6.07) is 0.411. The molecule has 0 aliphatic carbocycles. The molecule has 1 aromatic heterocycles. The smallest absolute Gasteiger partial charge is 0.0672 e. The fourth-order valence-electron chi connectivity index (χ4n) is 3.00. The zero-order valence-electron chi connectivity index (χ0n) is 15.0. The summed E-state index contributed by atoms with van der Waals surface area (Å²) in [4.78, 5) is 0. The van der Waals surface area contributed by atoms with E-state index in [0.717, 1.165) is 31.8 Å². The van der Waals surface area contributed by atoms with E-state index in [1.807, 2.05) is 0 Å². The van der Waals surface area contributed by atoms with Crippen molar-refractivity contribution in [2.24, 2.45) is 5.92 Å². The lowest BCUT2D eigenvalue weighted by Gasteiger charge is -2.16. The van der Waals surface area contributed by atoms with Crippen molar-refractivity contribution in [1.29, 1.82) is 0 Å². The summed E-state index contributed by atoms with van der Waals surface area (Å²) >= 11 is 0. The van der Waals surface area contributed by atoms with Gasteiger partial charge in [0.15, 0.2) is 0 Å². The Bertz CT molecular complexity index is 407. The molecule has 1 unspecified atom stereocenters. The lowest BCUT2D eigenvalue weighted by atomic mass is 10.0. The number of nitrogens with one attached hydrogen (secondary N) is 1. The van der Waals surface area contributed by atoms with E-state index in [1.165, 1.54) is 36.2 Å². The molecule has 0 bridgehead atoms. The molecule has 0 amide bonds. The molecule has 0 fully saturated rings. The molecule has 1 N–H and O–H groups in total. The lowest BCUT2D eigenvalue weighted by Crippen LogP contribution is -2.21. The average molecular weight is 293 g/mol. The van der Waals surface area contributed by atoms with Gasteiger partial charge in [0.05, 0.1) is 5.69 Å². The van der Waals surface area contributed by atoms with Gasteiger partial charge in [-0.15, -0.1) is 0 Å². The Morgan fingerprint density at radius 1 is 1.10 bits per heavy atom. The molecule has 1 heterocycles. The van der Waals surface area contributed by atoms with Crippen molar-refractivity contribution >= 4 is 0 Å². The Balaban J connectivity index is 2.92. The molecule has 0 aliphatic heterocycles. The van der Waals surface area contributed by atoms with Crippen LogP contribution in [-0.2, 0) is 19.4 Å². The van der Waals surface area contributed by atoms with Crippen LogP contribution in [0, 0.1) is 5.92 Å². The molecule has 3 heteroatoms. The number of rotatable bonds is 10. The van der Waals surface area contributed by atoms with Crippen LogP contribution in [0.1, 0.15) is 83.8 Å². The van der Waals surface area contributed by atoms with Crippen LogP contribution in [0.2, 0.25) is 0 Å². The van der Waals surface area contributed by atoms with E-state index in [2.05, 4.69) is 51.5 Å². The maximum atomic E-state index is 4.90. The Kier molecular flexibility index (Phi) is 8.02. The lowest BCUT2D eigenvalue weighted by molar-refractivity contribution is 0.477. The summed E-state index contributed by atoms with van der Waals surface area (Å²) in [6.07, 6.45) is 5.78. The first-order chi connectivity index (χ1) is 10.0. The highest BCUT2D eigenvalue weighted by Crippen LogP contribution is 2.24. The van der Waals surface area contributed by atoms with E-state index < -0.39 is 0 Å². The van der Waals surface area contributed by atoms with Gasteiger partial charge in [0.2, 0.25) is 0 Å². The van der Waals surface area contributed by atoms with Crippen LogP contribution in [0.25, 0.3) is 0 Å². The van der Waals surface area contributed by atoms with Gasteiger partial charge in [-0.05, 0) is 51.5 Å². The van der Waals surface area contributed by atoms with Crippen LogP contribution in [0.4, 0.5) is 0 Å². The third-order valence-electron chi connectivity index (χ3n) is 4.13. The van der Waals surface area contributed by atoms with Crippen molar-refractivity contribution in [2.75, 3.05) is 6.54 Å². The van der Waals surface area contributed by atoms with Crippen molar-refractivity contribution in [2.45, 2.75) is 86.2 Å². The van der Waals surface area contributed by atoms with Crippen LogP contribution in [-0.4, -0.2) is 16.3 Å². The van der Waals surface area contributed by atoms with Crippen molar-refractivity contribution in [3.05, 3.63) is 17.0 Å². The van der Waals surface area contributed by atoms with E-state index in [-0.39, 0.29) is 0 Å². The number of aromatic nitrogens is 2. The molecule has 3 nitrogen and oxygen atoms in total. The van der Waals surface area contributed by atoms with Crippen LogP contribution in [0.5, 0.6) is 0 Å². The van der Waals surface area contributed by atoms with Crippen LogP contribution in [0.3, 0.4) is 0 Å². The monoisotopic (exact) mass is 293 g/mol. The SMILES string of the molecule is CCCNC(C)c1c(CC)nn(CCCC(C)C)c1CC. The van der Waals surface area contributed by atoms with Gasteiger partial charge in [-0.25, -0.2) is 0 Å². The maximum absolute atomic E-state index is 4.90. The molecular weight excluding hydrogens is 258 g/mol. The molecule has 0 saturated carbocycles. The zero-order chi connectivity index (χ0) is 15.8. The molecular formula is C18H35N3. The van der Waals surface area contributed by atoms with Crippen molar-refractivity contribution in [3.63, 3.8) is 0 Å². The first-order valence-corrected chi connectivity index (χ1v) is 8.86. The Morgan fingerprint density at radius 3 is 2.33 bits per heavy atom. The first kappa shape index (κ1) is 18.2. The Labute approximate surface area is 131 Å². The van der Waals surface area contributed by atoms with E-state index >= 15 is 0 Å². The van der Waals surface area contributed by atoms with Gasteiger partial charge >= 0.3 is 0 Å². The summed E-state index contributed by atoms with van der Waals surface area (Å²) in [5, 5.41) is 8.53. The fraction of sp³-hybridized carbons (Fsp3) is 0.833. The molecule has 21 heavy (non-hydrogen) atoms. The van der Waals surface area contributed by atoms with Gasteiger partial charge in [-0.1, -0.05) is 34.6 Å². The third kappa shape index (κ3) is 5.14. The van der Waals surface area contributed by atoms with Gasteiger partial charge in [0, 0.05) is 23.8 Å². The number of hydrogen-bond donors (Lipinski definition) is 1. The van der Waals surface area contributed by atoms with E-state index in [0.29, 0.717) is 6.04 Å². The second-order valence-corrected chi connectivity index (χ2v) is 6.45. The standard InChI is InChI=1S/C18H35N3/c1-7-12-19-15(6)18-16(8-2)20-21(17(18)9-3)13-10-11-14(4)5/h14-15,19H,7-13H2,1-6H3. The second-order valence-electron chi connectivity index (χ2n) is 6.45. The highest BCUT2D eigenvalue weighted by molar-refractivity contribution is 5.30. The minimum Gasteiger partial charge on any atom is -0.310 e. The second kappa shape index (κ2) is 9.24. The topological polar surface area (TPSA) is 29.9 Å². The predicted molar refractivity (Wildman–Crippen MR) is 91.8 cm³/mol. The van der Waals surface area contributed by atoms with Gasteiger partial charge in [0.25, 0.3) is 0 Å². The van der Waals surface area contributed by atoms with Gasteiger partial charge in [-0.3, -0.25) is 4.68 Å². The number of hydrogen-bond acceptors (Lipinski definition) is 2. The summed E-state index contributed by atoms with van der Waals surface area (Å²) in [7, 11) is 0. The Morgan fingerprint density at radius 2 is 1.81 bits per heavy atom. The van der Waals surface area contributed by atoms with Gasteiger partial charge in [0.1, 0.15) is 0 Å². The molecule has 1 aromatic rings. The Hall–Kier alpha value is -0.830. The van der Waals surface area contributed by atoms with E-state index in [1.54, 1.807) is 0 Å². The average Bonchev–Trinajstić information content (AvgIpc) is 2.82. The normalized spacial score (nSPS) is 13.1. The molecule has 0 radical (unpaired) electrons. The van der Waals surface area contributed by atoms with Crippen molar-refractivity contribution < 1.29 is 0 Å². The fourth-order valence-corrected chi connectivity index (χ4v) is 3.00. The quantitative estimate of drug-likeness (QED) is 0.688. The zero-order valence-corrected chi connectivity index (χ0v) is 15.0. The molecule has 0 aromatic carbocycles. The minimum atomic E-state index is 0.411. The van der Waals surface area contributed by atoms with Crippen LogP contribution >= 0.6 is 0 Å². The molecule has 1 atom stereocenters. The van der Waals surface area contributed by atoms with Gasteiger partial charge in [-0.2, -0.15) is 5.10 Å². The summed E-state index contributed by atoms with van der Waals surface area (Å²) in [6.45, 7) is 15.7. The summed E-state index contributed by atoms with van der Waals surface area (Å²) in [5.74, 6) is 0.779. The van der Waals surface area contributed by atoms with E-state index in [9.17, 15) is 0 Å². The van der Waals surface area contributed by atoms with Crippen molar-refractivity contribution in [3.8, 4) is 0 Å². The summed E-state index contributed by atoms with van der Waals surface area (Å²) < 4.78 is 2.28. The molecule has 122 valence electrons. The highest BCUT2D eigenvalue weighted by atomic mass is 15.3. The molecule has 0 aliphatic rings. The van der Waals surface area contributed by atoms with Crippen molar-refractivity contribution in [1.82, 2.24) is 15.1 Å². The first-order valence-electron chi connectivity index (χ1n) is 8.86. The maximum Gasteiger partial charge on any atom is 0.0672 e. The molecule has 1 rings (SSSR count). The largest absolute Gasteiger partial charge is 0.310 e.